The third-order valence-corrected chi connectivity index (χ3v) is 5.41. The zero-order valence-electron chi connectivity index (χ0n) is 15.8. The lowest BCUT2D eigenvalue weighted by Crippen LogP contribution is -2.33. The summed E-state index contributed by atoms with van der Waals surface area (Å²) in [6, 6.07) is 17.1. The second kappa shape index (κ2) is 8.44. The van der Waals surface area contributed by atoms with Gasteiger partial charge in [-0.2, -0.15) is 0 Å². The fourth-order valence-electron chi connectivity index (χ4n) is 2.99. The summed E-state index contributed by atoms with van der Waals surface area (Å²) in [4.78, 5) is 27.9. The van der Waals surface area contributed by atoms with Crippen LogP contribution in [0.4, 0.5) is 0 Å². The van der Waals surface area contributed by atoms with E-state index < -0.39 is 0 Å². The quantitative estimate of drug-likeness (QED) is 0.676. The highest BCUT2D eigenvalue weighted by Crippen LogP contribution is 2.37. The van der Waals surface area contributed by atoms with E-state index in [1.807, 2.05) is 68.4 Å². The van der Waals surface area contributed by atoms with E-state index in [1.165, 1.54) is 16.7 Å². The first-order chi connectivity index (χ1) is 13.0. The Labute approximate surface area is 164 Å². The molecule has 0 radical (unpaired) electrons. The zero-order valence-corrected chi connectivity index (χ0v) is 16.6. The maximum absolute atomic E-state index is 13.0. The highest BCUT2D eigenvalue weighted by molar-refractivity contribution is 8.04. The first kappa shape index (κ1) is 19.2. The molecule has 0 atom stereocenters. The average molecular weight is 381 g/mol. The van der Waals surface area contributed by atoms with E-state index in [-0.39, 0.29) is 17.1 Å². The van der Waals surface area contributed by atoms with Gasteiger partial charge in [0.1, 0.15) is 5.75 Å². The van der Waals surface area contributed by atoms with Crippen LogP contribution >= 0.6 is 11.8 Å². The van der Waals surface area contributed by atoms with E-state index in [0.29, 0.717) is 23.4 Å². The average Bonchev–Trinajstić information content (AvgIpc) is 2.90. The van der Waals surface area contributed by atoms with Crippen molar-refractivity contribution in [2.24, 2.45) is 0 Å². The van der Waals surface area contributed by atoms with E-state index in [4.69, 9.17) is 4.74 Å². The molecule has 2 aromatic rings. The first-order valence-electron chi connectivity index (χ1n) is 8.96. The number of methoxy groups -OCH3 is 1. The summed E-state index contributed by atoms with van der Waals surface area (Å²) >= 11 is 1.46. The molecular formula is C22H23NO3S. The van der Waals surface area contributed by atoms with Crippen LogP contribution in [-0.4, -0.2) is 35.6 Å². The van der Waals surface area contributed by atoms with Crippen molar-refractivity contribution in [2.45, 2.75) is 25.5 Å². The fourth-order valence-corrected chi connectivity index (χ4v) is 4.00. The molecule has 0 saturated heterocycles. The summed E-state index contributed by atoms with van der Waals surface area (Å²) in [5.41, 5.74) is 2.38. The number of rotatable bonds is 7. The van der Waals surface area contributed by atoms with Crippen molar-refractivity contribution in [2.75, 3.05) is 13.7 Å². The predicted molar refractivity (Wildman–Crippen MR) is 110 cm³/mol. The van der Waals surface area contributed by atoms with Gasteiger partial charge in [-0.05, 0) is 29.7 Å². The normalized spacial score (nSPS) is 14.4. The van der Waals surface area contributed by atoms with E-state index in [0.717, 1.165) is 16.9 Å². The van der Waals surface area contributed by atoms with Crippen LogP contribution in [0.5, 0.6) is 5.75 Å². The lowest BCUT2D eigenvalue weighted by molar-refractivity contribution is -0.136. The van der Waals surface area contributed by atoms with Crippen LogP contribution in [0.2, 0.25) is 0 Å². The van der Waals surface area contributed by atoms with Gasteiger partial charge >= 0.3 is 0 Å². The van der Waals surface area contributed by atoms with E-state index in [9.17, 15) is 9.59 Å². The molecule has 2 amide bonds. The number of ether oxygens (including phenoxy) is 1. The van der Waals surface area contributed by atoms with Crippen LogP contribution in [0.25, 0.3) is 5.57 Å². The fraction of sp³-hybridized carbons (Fsp3) is 0.273. The number of hydrogen-bond donors (Lipinski definition) is 0. The summed E-state index contributed by atoms with van der Waals surface area (Å²) in [7, 11) is 1.63. The molecule has 0 spiro atoms. The number of benzene rings is 2. The Morgan fingerprint density at radius 2 is 1.63 bits per heavy atom. The molecule has 0 bridgehead atoms. The Bertz CT molecular complexity index is 857. The van der Waals surface area contributed by atoms with Crippen molar-refractivity contribution in [3.8, 4) is 5.75 Å². The SMILES string of the molecule is COc1ccc(CCN2C(=O)C(SC(C)C)=C(c3ccccc3)C2=O)cc1. The predicted octanol–water partition coefficient (Wildman–Crippen LogP) is 4.16. The Balaban J connectivity index is 1.82. The molecule has 27 heavy (non-hydrogen) atoms. The van der Waals surface area contributed by atoms with E-state index in [1.54, 1.807) is 7.11 Å². The Morgan fingerprint density at radius 3 is 2.22 bits per heavy atom. The number of carbonyl (C=O) groups excluding carboxylic acids is 2. The molecule has 5 heteroatoms. The van der Waals surface area contributed by atoms with Gasteiger partial charge in [0.05, 0.1) is 17.6 Å². The van der Waals surface area contributed by atoms with Crippen molar-refractivity contribution < 1.29 is 14.3 Å². The molecule has 1 aliphatic rings. The molecule has 140 valence electrons. The van der Waals surface area contributed by atoms with Crippen LogP contribution in [0.15, 0.2) is 59.5 Å². The number of amides is 2. The smallest absolute Gasteiger partial charge is 0.268 e. The standard InChI is InChI=1S/C22H23NO3S/c1-15(2)27-20-19(17-7-5-4-6-8-17)21(24)23(22(20)25)14-13-16-9-11-18(26-3)12-10-16/h4-12,15H,13-14H2,1-3H3. The van der Waals surface area contributed by atoms with Gasteiger partial charge in [0.15, 0.2) is 0 Å². The summed E-state index contributed by atoms with van der Waals surface area (Å²) in [6.45, 7) is 4.42. The van der Waals surface area contributed by atoms with Gasteiger partial charge in [0.25, 0.3) is 11.8 Å². The van der Waals surface area contributed by atoms with Crippen molar-refractivity contribution in [1.29, 1.82) is 0 Å². The van der Waals surface area contributed by atoms with Crippen LogP contribution < -0.4 is 4.74 Å². The minimum atomic E-state index is -0.206. The minimum Gasteiger partial charge on any atom is -0.497 e. The maximum atomic E-state index is 13.0. The molecule has 0 saturated carbocycles. The van der Waals surface area contributed by atoms with Crippen LogP contribution in [0.3, 0.4) is 0 Å². The molecule has 1 aliphatic heterocycles. The zero-order chi connectivity index (χ0) is 19.4. The lowest BCUT2D eigenvalue weighted by atomic mass is 10.1. The van der Waals surface area contributed by atoms with Gasteiger partial charge in [-0.15, -0.1) is 11.8 Å². The topological polar surface area (TPSA) is 46.6 Å². The number of nitrogens with zero attached hydrogens (tertiary/aromatic N) is 1. The lowest BCUT2D eigenvalue weighted by Gasteiger charge is -2.15. The van der Waals surface area contributed by atoms with Gasteiger partial charge in [0, 0.05) is 11.8 Å². The number of imide groups is 1. The Morgan fingerprint density at radius 1 is 0.963 bits per heavy atom. The highest BCUT2D eigenvalue weighted by Gasteiger charge is 2.39. The maximum Gasteiger partial charge on any atom is 0.268 e. The largest absolute Gasteiger partial charge is 0.497 e. The van der Waals surface area contributed by atoms with Crippen molar-refractivity contribution in [3.05, 3.63) is 70.6 Å². The summed E-state index contributed by atoms with van der Waals surface area (Å²) in [6.07, 6.45) is 0.614. The molecule has 3 rings (SSSR count). The number of hydrogen-bond acceptors (Lipinski definition) is 4. The number of carbonyl (C=O) groups is 2. The molecule has 2 aromatic carbocycles. The molecular weight excluding hydrogens is 358 g/mol. The van der Waals surface area contributed by atoms with Crippen molar-refractivity contribution >= 4 is 29.1 Å². The minimum absolute atomic E-state index is 0.189. The Kier molecular flexibility index (Phi) is 6.01. The van der Waals surface area contributed by atoms with E-state index >= 15 is 0 Å². The Hall–Kier alpha value is -2.53. The second-order valence-electron chi connectivity index (χ2n) is 6.60. The van der Waals surface area contributed by atoms with Crippen LogP contribution in [0.1, 0.15) is 25.0 Å². The number of thioether (sulfide) groups is 1. The molecule has 4 nitrogen and oxygen atoms in total. The second-order valence-corrected chi connectivity index (χ2v) is 8.18. The van der Waals surface area contributed by atoms with E-state index in [2.05, 4.69) is 0 Å². The third kappa shape index (κ3) is 4.25. The molecule has 0 aromatic heterocycles. The van der Waals surface area contributed by atoms with Gasteiger partial charge < -0.3 is 4.74 Å². The highest BCUT2D eigenvalue weighted by atomic mass is 32.2. The molecule has 0 unspecified atom stereocenters. The summed E-state index contributed by atoms with van der Waals surface area (Å²) < 4.78 is 5.17. The summed E-state index contributed by atoms with van der Waals surface area (Å²) in [5, 5.41) is 0.219. The molecule has 0 N–H and O–H groups in total. The first-order valence-corrected chi connectivity index (χ1v) is 9.84. The van der Waals surface area contributed by atoms with Crippen molar-refractivity contribution in [1.82, 2.24) is 4.90 Å². The van der Waals surface area contributed by atoms with Gasteiger partial charge in [-0.25, -0.2) is 0 Å². The van der Waals surface area contributed by atoms with Crippen LogP contribution in [-0.2, 0) is 16.0 Å². The monoisotopic (exact) mass is 381 g/mol. The summed E-state index contributed by atoms with van der Waals surface area (Å²) in [5.74, 6) is 0.393. The molecule has 1 heterocycles. The van der Waals surface area contributed by atoms with Gasteiger partial charge in [0.2, 0.25) is 0 Å². The third-order valence-electron chi connectivity index (χ3n) is 4.32. The van der Waals surface area contributed by atoms with Gasteiger partial charge in [-0.3, -0.25) is 14.5 Å². The van der Waals surface area contributed by atoms with Crippen molar-refractivity contribution in [3.63, 3.8) is 0 Å². The molecule has 0 aliphatic carbocycles. The van der Waals surface area contributed by atoms with Crippen LogP contribution in [0, 0.1) is 0 Å². The molecule has 0 fully saturated rings. The van der Waals surface area contributed by atoms with Gasteiger partial charge in [-0.1, -0.05) is 56.3 Å².